The number of carboxylic acids is 1. The third-order valence-corrected chi connectivity index (χ3v) is 5.19. The molecule has 0 saturated heterocycles. The highest BCUT2D eigenvalue weighted by Crippen LogP contribution is 2.06. The van der Waals surface area contributed by atoms with Gasteiger partial charge in [0.25, 0.3) is 0 Å². The van der Waals surface area contributed by atoms with E-state index in [0.29, 0.717) is 32.4 Å². The molecule has 0 aliphatic heterocycles. The molecule has 14 N–H and O–H groups in total. The number of nitrogens with two attached hydrogens (primary N) is 4. The first-order valence-electron chi connectivity index (χ1n) is 11.8. The first-order valence-corrected chi connectivity index (χ1v) is 11.8. The van der Waals surface area contributed by atoms with E-state index in [2.05, 4.69) is 21.3 Å². The van der Waals surface area contributed by atoms with Crippen LogP contribution in [0.15, 0.2) is 0 Å². The van der Waals surface area contributed by atoms with Gasteiger partial charge in [0.05, 0.1) is 12.5 Å². The van der Waals surface area contributed by atoms with Crippen LogP contribution < -0.4 is 44.2 Å². The summed E-state index contributed by atoms with van der Waals surface area (Å²) < 4.78 is 0. The number of carbonyl (C=O) groups excluding carboxylic acids is 4. The summed E-state index contributed by atoms with van der Waals surface area (Å²) in [6.07, 6.45) is 1.35. The second kappa shape index (κ2) is 17.0. The third-order valence-electron chi connectivity index (χ3n) is 5.19. The van der Waals surface area contributed by atoms with Crippen molar-refractivity contribution in [3.63, 3.8) is 0 Å². The van der Waals surface area contributed by atoms with Gasteiger partial charge < -0.3 is 49.3 Å². The van der Waals surface area contributed by atoms with Crippen LogP contribution in [0.1, 0.15) is 52.4 Å². The highest BCUT2D eigenvalue weighted by atomic mass is 16.4. The van der Waals surface area contributed by atoms with Crippen molar-refractivity contribution in [2.75, 3.05) is 13.1 Å². The predicted molar refractivity (Wildman–Crippen MR) is 132 cm³/mol. The molecule has 0 radical (unpaired) electrons. The second-order valence-electron chi connectivity index (χ2n) is 8.73. The van der Waals surface area contributed by atoms with Crippen molar-refractivity contribution in [3.8, 4) is 0 Å². The van der Waals surface area contributed by atoms with Crippen molar-refractivity contribution in [1.29, 1.82) is 5.41 Å². The lowest BCUT2D eigenvalue weighted by molar-refractivity contribution is -0.143. The first-order chi connectivity index (χ1) is 16.8. The number of carboxylic acid groups (broad SMARTS) is 1. The molecular formula is C21H41N9O6. The zero-order chi connectivity index (χ0) is 27.8. The average molecular weight is 516 g/mol. The number of unbranched alkanes of at least 4 members (excludes halogenated alkanes) is 1. The molecule has 0 aromatic carbocycles. The molecule has 0 spiro atoms. The Bertz CT molecular complexity index is 777. The quantitative estimate of drug-likeness (QED) is 0.0494. The van der Waals surface area contributed by atoms with Crippen LogP contribution in [0, 0.1) is 11.3 Å². The molecule has 0 saturated carbocycles. The second-order valence-corrected chi connectivity index (χ2v) is 8.73. The summed E-state index contributed by atoms with van der Waals surface area (Å²) in [7, 11) is 0. The number of nitrogens with one attached hydrogen (secondary N) is 5. The lowest BCUT2D eigenvalue weighted by atomic mass is 10.0. The number of carbonyl (C=O) groups is 5. The fourth-order valence-electron chi connectivity index (χ4n) is 3.17. The molecule has 4 amide bonds. The van der Waals surface area contributed by atoms with E-state index in [9.17, 15) is 29.1 Å². The van der Waals surface area contributed by atoms with Crippen LogP contribution in [0.2, 0.25) is 0 Å². The monoisotopic (exact) mass is 515 g/mol. The molecule has 0 unspecified atom stereocenters. The first kappa shape index (κ1) is 32.5. The summed E-state index contributed by atoms with van der Waals surface area (Å²) in [5.41, 5.74) is 21.8. The van der Waals surface area contributed by atoms with Gasteiger partial charge in [0.15, 0.2) is 5.96 Å². The van der Waals surface area contributed by atoms with Gasteiger partial charge in [0, 0.05) is 6.54 Å². The number of hydrogen-bond acceptors (Lipinski definition) is 8. The van der Waals surface area contributed by atoms with Gasteiger partial charge in [0.2, 0.25) is 23.6 Å². The van der Waals surface area contributed by atoms with Gasteiger partial charge in [-0.3, -0.25) is 24.6 Å². The van der Waals surface area contributed by atoms with Crippen molar-refractivity contribution in [1.82, 2.24) is 21.3 Å². The molecule has 15 nitrogen and oxygen atoms in total. The van der Waals surface area contributed by atoms with Crippen LogP contribution in [-0.4, -0.2) is 77.9 Å². The van der Waals surface area contributed by atoms with Crippen molar-refractivity contribution in [2.24, 2.45) is 28.9 Å². The number of aliphatic carboxylic acids is 1. The van der Waals surface area contributed by atoms with Gasteiger partial charge in [-0.05, 0) is 44.6 Å². The molecule has 0 heterocycles. The van der Waals surface area contributed by atoms with Crippen molar-refractivity contribution in [2.45, 2.75) is 76.5 Å². The zero-order valence-corrected chi connectivity index (χ0v) is 20.8. The van der Waals surface area contributed by atoms with Gasteiger partial charge in [-0.1, -0.05) is 13.8 Å². The average Bonchev–Trinajstić information content (AvgIpc) is 2.77. The molecule has 0 fully saturated rings. The number of amides is 4. The molecule has 15 heteroatoms. The molecule has 0 aromatic rings. The Labute approximate surface area is 210 Å². The maximum atomic E-state index is 13.0. The van der Waals surface area contributed by atoms with E-state index in [1.165, 1.54) is 0 Å². The summed E-state index contributed by atoms with van der Waals surface area (Å²) in [6, 6.07) is -4.74. The standard InChI is InChI=1S/C21H41N9O6/c1-11(2)16(20(35)36)30-19(34)14(10-15(24)31)29-18(33)13(7-3-4-8-22)28-17(32)12(23)6-5-9-27-21(25)26/h11-14,16H,3-10,22-23H2,1-2H3,(H2,24,31)(H,28,32)(H,29,33)(H,30,34)(H,35,36)(H4,25,26,27)/t12-,13-,14-,16-/m0/s1. The van der Waals surface area contributed by atoms with Crippen LogP contribution in [0.3, 0.4) is 0 Å². The van der Waals surface area contributed by atoms with Crippen LogP contribution in [0.25, 0.3) is 0 Å². The van der Waals surface area contributed by atoms with E-state index in [4.69, 9.17) is 28.3 Å². The maximum absolute atomic E-state index is 13.0. The summed E-state index contributed by atoms with van der Waals surface area (Å²) in [4.78, 5) is 61.2. The largest absolute Gasteiger partial charge is 0.480 e. The summed E-state index contributed by atoms with van der Waals surface area (Å²) in [5.74, 6) is -5.10. The molecule has 4 atom stereocenters. The molecule has 36 heavy (non-hydrogen) atoms. The summed E-state index contributed by atoms with van der Waals surface area (Å²) >= 11 is 0. The molecule has 0 bridgehead atoms. The SMILES string of the molecule is CC(C)[C@H](NC(=O)[C@H](CC(N)=O)NC(=O)[C@H](CCCCN)NC(=O)[C@@H](N)CCCNC(=N)N)C(=O)O. The normalized spacial score (nSPS) is 14.1. The molecule has 206 valence electrons. The van der Waals surface area contributed by atoms with Crippen LogP contribution >= 0.6 is 0 Å². The minimum atomic E-state index is -1.45. The van der Waals surface area contributed by atoms with Gasteiger partial charge in [0.1, 0.15) is 18.1 Å². The molecule has 0 aliphatic rings. The predicted octanol–water partition coefficient (Wildman–Crippen LogP) is -3.22. The Morgan fingerprint density at radius 3 is 1.94 bits per heavy atom. The lowest BCUT2D eigenvalue weighted by Crippen LogP contribution is -2.58. The fraction of sp³-hybridized carbons (Fsp3) is 0.714. The number of guanidine groups is 1. The van der Waals surface area contributed by atoms with Gasteiger partial charge in [-0.2, -0.15) is 0 Å². The van der Waals surface area contributed by atoms with Crippen molar-refractivity contribution >= 4 is 35.6 Å². The Hall–Kier alpha value is -3.46. The highest BCUT2D eigenvalue weighted by molar-refractivity contribution is 5.96. The number of primary amides is 1. The minimum Gasteiger partial charge on any atom is -0.480 e. The van der Waals surface area contributed by atoms with Crippen molar-refractivity contribution < 1.29 is 29.1 Å². The van der Waals surface area contributed by atoms with Gasteiger partial charge in [-0.25, -0.2) is 4.79 Å². The molecule has 0 aromatic heterocycles. The van der Waals surface area contributed by atoms with E-state index in [0.717, 1.165) is 0 Å². The minimum absolute atomic E-state index is 0.183. The van der Waals surface area contributed by atoms with Crippen LogP contribution in [0.5, 0.6) is 0 Å². The number of hydrogen-bond donors (Lipinski definition) is 10. The van der Waals surface area contributed by atoms with E-state index >= 15 is 0 Å². The highest BCUT2D eigenvalue weighted by Gasteiger charge is 2.32. The third kappa shape index (κ3) is 13.4. The van der Waals surface area contributed by atoms with Crippen LogP contribution in [-0.2, 0) is 24.0 Å². The Morgan fingerprint density at radius 1 is 0.861 bits per heavy atom. The maximum Gasteiger partial charge on any atom is 0.326 e. The molecule has 0 rings (SSSR count). The van der Waals surface area contributed by atoms with Gasteiger partial charge in [-0.15, -0.1) is 0 Å². The molecular weight excluding hydrogens is 474 g/mol. The Morgan fingerprint density at radius 2 is 1.44 bits per heavy atom. The van der Waals surface area contributed by atoms with E-state index < -0.39 is 66.1 Å². The van der Waals surface area contributed by atoms with E-state index in [1.54, 1.807) is 13.8 Å². The Balaban J connectivity index is 5.40. The summed E-state index contributed by atoms with van der Waals surface area (Å²) in [5, 5.41) is 26.3. The van der Waals surface area contributed by atoms with E-state index in [-0.39, 0.29) is 18.8 Å². The zero-order valence-electron chi connectivity index (χ0n) is 20.8. The van der Waals surface area contributed by atoms with Gasteiger partial charge >= 0.3 is 5.97 Å². The van der Waals surface area contributed by atoms with E-state index in [1.807, 2.05) is 0 Å². The Kier molecular flexibility index (Phi) is 15.4. The smallest absolute Gasteiger partial charge is 0.326 e. The molecule has 0 aliphatic carbocycles. The lowest BCUT2D eigenvalue weighted by Gasteiger charge is -2.25. The fourth-order valence-corrected chi connectivity index (χ4v) is 3.17. The summed E-state index contributed by atoms with van der Waals surface area (Å²) in [6.45, 7) is 3.88. The topological polar surface area (TPSA) is 282 Å². The van der Waals surface area contributed by atoms with Crippen molar-refractivity contribution in [3.05, 3.63) is 0 Å². The number of rotatable bonds is 18. The van der Waals surface area contributed by atoms with Crippen LogP contribution in [0.4, 0.5) is 0 Å².